The van der Waals surface area contributed by atoms with Gasteiger partial charge in [0.15, 0.2) is 9.84 Å². The molecule has 1 aromatic heterocycles. The summed E-state index contributed by atoms with van der Waals surface area (Å²) in [5, 5.41) is 3.51. The number of nitrogens with one attached hydrogen (secondary N) is 1. The number of hydrogen-bond donors (Lipinski definition) is 1. The minimum atomic E-state index is -2.89. The van der Waals surface area contributed by atoms with Crippen molar-refractivity contribution in [2.45, 2.75) is 31.8 Å². The van der Waals surface area contributed by atoms with Gasteiger partial charge in [-0.1, -0.05) is 0 Å². The van der Waals surface area contributed by atoms with E-state index in [9.17, 15) is 8.42 Å². The highest BCUT2D eigenvalue weighted by molar-refractivity contribution is 9.10. The molecule has 116 valence electrons. The van der Waals surface area contributed by atoms with Gasteiger partial charge in [-0.25, -0.2) is 13.4 Å². The van der Waals surface area contributed by atoms with Crippen molar-refractivity contribution in [3.05, 3.63) is 22.3 Å². The Labute approximate surface area is 134 Å². The maximum absolute atomic E-state index is 11.7. The maximum atomic E-state index is 11.7. The summed E-state index contributed by atoms with van der Waals surface area (Å²) >= 11 is 3.47. The van der Waals surface area contributed by atoms with Gasteiger partial charge in [0.1, 0.15) is 5.82 Å². The zero-order valence-corrected chi connectivity index (χ0v) is 14.3. The molecule has 1 aliphatic heterocycles. The van der Waals surface area contributed by atoms with Crippen molar-refractivity contribution in [2.24, 2.45) is 0 Å². The van der Waals surface area contributed by atoms with E-state index in [1.807, 2.05) is 0 Å². The van der Waals surface area contributed by atoms with Crippen molar-refractivity contribution in [3.8, 4) is 0 Å². The molecule has 0 unspecified atom stereocenters. The summed E-state index contributed by atoms with van der Waals surface area (Å²) in [5.74, 6) is 1.43. The molecule has 2 fully saturated rings. The van der Waals surface area contributed by atoms with Gasteiger partial charge < -0.3 is 10.2 Å². The smallest absolute Gasteiger partial charge is 0.152 e. The van der Waals surface area contributed by atoms with Crippen molar-refractivity contribution in [3.63, 3.8) is 0 Å². The Morgan fingerprint density at radius 3 is 2.90 bits per heavy atom. The van der Waals surface area contributed by atoms with Crippen LogP contribution in [0.4, 0.5) is 5.82 Å². The lowest BCUT2D eigenvalue weighted by Crippen LogP contribution is -2.29. The number of pyridine rings is 1. The van der Waals surface area contributed by atoms with Crippen LogP contribution in [0.2, 0.25) is 0 Å². The minimum Gasteiger partial charge on any atom is -0.355 e. The third-order valence-electron chi connectivity index (χ3n) is 3.92. The second-order valence-corrected chi connectivity index (χ2v) is 9.00. The molecule has 1 saturated heterocycles. The molecule has 0 aromatic carbocycles. The molecule has 0 spiro atoms. The fraction of sp³-hybridized carbons (Fsp3) is 0.643. The molecule has 2 heterocycles. The molecule has 3 rings (SSSR count). The number of aromatic nitrogens is 1. The van der Waals surface area contributed by atoms with Crippen LogP contribution in [-0.2, 0) is 16.4 Å². The Morgan fingerprint density at radius 2 is 2.14 bits per heavy atom. The lowest BCUT2D eigenvalue weighted by atomic mass is 10.2. The van der Waals surface area contributed by atoms with E-state index in [4.69, 9.17) is 0 Å². The van der Waals surface area contributed by atoms with Crippen LogP contribution < -0.4 is 10.2 Å². The molecule has 1 N–H and O–H groups in total. The second kappa shape index (κ2) is 6.22. The minimum absolute atomic E-state index is 0.222. The number of nitrogens with zero attached hydrogens (tertiary/aromatic N) is 2. The standard InChI is InChI=1S/C14H20BrN3O2S/c15-12-8-11(9-16-13-2-3-13)14(17-10-12)18-4-1-6-21(19,20)7-5-18/h8,10,13,16H,1-7,9H2. The summed E-state index contributed by atoms with van der Waals surface area (Å²) in [7, 11) is -2.89. The number of hydrogen-bond acceptors (Lipinski definition) is 5. The summed E-state index contributed by atoms with van der Waals surface area (Å²) in [6.45, 7) is 2.08. The molecule has 0 atom stereocenters. The van der Waals surface area contributed by atoms with Gasteiger partial charge in [-0.3, -0.25) is 0 Å². The Hall–Kier alpha value is -0.660. The third-order valence-corrected chi connectivity index (χ3v) is 6.07. The highest BCUT2D eigenvalue weighted by atomic mass is 79.9. The van der Waals surface area contributed by atoms with Crippen LogP contribution in [0.1, 0.15) is 24.8 Å². The van der Waals surface area contributed by atoms with E-state index in [0.717, 1.165) is 28.9 Å². The molecule has 0 amide bonds. The first-order valence-corrected chi connectivity index (χ1v) is 9.98. The number of anilines is 1. The SMILES string of the molecule is O=S1(=O)CCCN(c2ncc(Br)cc2CNC2CC2)CC1. The van der Waals surface area contributed by atoms with E-state index >= 15 is 0 Å². The van der Waals surface area contributed by atoms with Gasteiger partial charge in [-0.2, -0.15) is 0 Å². The van der Waals surface area contributed by atoms with E-state index in [0.29, 0.717) is 19.0 Å². The second-order valence-electron chi connectivity index (χ2n) is 5.78. The third kappa shape index (κ3) is 4.17. The molecule has 1 saturated carbocycles. The molecular weight excluding hydrogens is 354 g/mol. The van der Waals surface area contributed by atoms with Crippen LogP contribution in [0.15, 0.2) is 16.7 Å². The largest absolute Gasteiger partial charge is 0.355 e. The van der Waals surface area contributed by atoms with Crippen LogP contribution in [-0.4, -0.2) is 44.0 Å². The Kier molecular flexibility index (Phi) is 4.51. The zero-order chi connectivity index (χ0) is 14.9. The lowest BCUT2D eigenvalue weighted by molar-refractivity contribution is 0.597. The van der Waals surface area contributed by atoms with E-state index in [1.54, 1.807) is 6.20 Å². The summed E-state index contributed by atoms with van der Waals surface area (Å²) in [5.41, 5.74) is 1.13. The first-order valence-electron chi connectivity index (χ1n) is 7.37. The van der Waals surface area contributed by atoms with Gasteiger partial charge in [0.05, 0.1) is 11.5 Å². The van der Waals surface area contributed by atoms with Gasteiger partial charge in [0, 0.05) is 41.9 Å². The van der Waals surface area contributed by atoms with Crippen LogP contribution in [0.5, 0.6) is 0 Å². The fourth-order valence-electron chi connectivity index (χ4n) is 2.58. The average molecular weight is 374 g/mol. The van der Waals surface area contributed by atoms with Crippen LogP contribution in [0, 0.1) is 0 Å². The Morgan fingerprint density at radius 1 is 1.33 bits per heavy atom. The quantitative estimate of drug-likeness (QED) is 0.870. The van der Waals surface area contributed by atoms with Gasteiger partial charge in [-0.15, -0.1) is 0 Å². The predicted molar refractivity (Wildman–Crippen MR) is 87.3 cm³/mol. The first-order chi connectivity index (χ1) is 10.0. The molecule has 1 aliphatic carbocycles. The Bertz CT molecular complexity index is 617. The molecule has 0 radical (unpaired) electrons. The van der Waals surface area contributed by atoms with E-state index < -0.39 is 9.84 Å². The number of rotatable bonds is 4. The predicted octanol–water partition coefficient (Wildman–Crippen LogP) is 1.72. The van der Waals surface area contributed by atoms with Crippen molar-refractivity contribution in [1.82, 2.24) is 10.3 Å². The maximum Gasteiger partial charge on any atom is 0.152 e. The van der Waals surface area contributed by atoms with Crippen LogP contribution in [0.25, 0.3) is 0 Å². The molecule has 5 nitrogen and oxygen atoms in total. The Balaban J connectivity index is 1.79. The van der Waals surface area contributed by atoms with Crippen LogP contribution in [0.3, 0.4) is 0 Å². The van der Waals surface area contributed by atoms with Crippen molar-refractivity contribution in [2.75, 3.05) is 29.5 Å². The first kappa shape index (κ1) is 15.2. The normalized spacial score (nSPS) is 22.0. The molecule has 0 bridgehead atoms. The molecular formula is C14H20BrN3O2S. The highest BCUT2D eigenvalue weighted by Gasteiger charge is 2.24. The average Bonchev–Trinajstić information content (AvgIpc) is 3.25. The monoisotopic (exact) mass is 373 g/mol. The summed E-state index contributed by atoms with van der Waals surface area (Å²) < 4.78 is 24.4. The van der Waals surface area contributed by atoms with E-state index in [-0.39, 0.29) is 11.5 Å². The van der Waals surface area contributed by atoms with Gasteiger partial charge >= 0.3 is 0 Å². The van der Waals surface area contributed by atoms with Crippen molar-refractivity contribution >= 4 is 31.6 Å². The van der Waals surface area contributed by atoms with Gasteiger partial charge in [0.25, 0.3) is 0 Å². The topological polar surface area (TPSA) is 62.3 Å². The summed E-state index contributed by atoms with van der Waals surface area (Å²) in [6, 6.07) is 2.72. The van der Waals surface area contributed by atoms with Crippen LogP contribution >= 0.6 is 15.9 Å². The van der Waals surface area contributed by atoms with Gasteiger partial charge in [-0.05, 0) is 41.3 Å². The van der Waals surface area contributed by atoms with Crippen molar-refractivity contribution < 1.29 is 8.42 Å². The molecule has 2 aliphatic rings. The molecule has 21 heavy (non-hydrogen) atoms. The summed E-state index contributed by atoms with van der Waals surface area (Å²) in [6.07, 6.45) is 4.96. The van der Waals surface area contributed by atoms with Crippen molar-refractivity contribution in [1.29, 1.82) is 0 Å². The number of halogens is 1. The lowest BCUT2D eigenvalue weighted by Gasteiger charge is -2.24. The molecule has 1 aromatic rings. The van der Waals surface area contributed by atoms with E-state index in [1.165, 1.54) is 12.8 Å². The number of sulfone groups is 1. The molecule has 7 heteroatoms. The fourth-order valence-corrected chi connectivity index (χ4v) is 4.23. The van der Waals surface area contributed by atoms with Gasteiger partial charge in [0.2, 0.25) is 0 Å². The summed E-state index contributed by atoms with van der Waals surface area (Å²) in [4.78, 5) is 6.65. The highest BCUT2D eigenvalue weighted by Crippen LogP contribution is 2.25. The van der Waals surface area contributed by atoms with E-state index in [2.05, 4.69) is 37.2 Å². The zero-order valence-electron chi connectivity index (χ0n) is 11.9.